The molecular formula is C16H16ClN3. The fourth-order valence-electron chi connectivity index (χ4n) is 2.31. The Morgan fingerprint density at radius 3 is 2.85 bits per heavy atom. The van der Waals surface area contributed by atoms with E-state index < -0.39 is 0 Å². The quantitative estimate of drug-likeness (QED) is 0.765. The van der Waals surface area contributed by atoms with Crippen molar-refractivity contribution in [2.75, 3.05) is 0 Å². The maximum atomic E-state index is 6.39. The van der Waals surface area contributed by atoms with Crippen LogP contribution in [0.3, 0.4) is 0 Å². The number of rotatable bonds is 4. The van der Waals surface area contributed by atoms with Crippen LogP contribution < -0.4 is 5.32 Å². The molecule has 2 aromatic heterocycles. The summed E-state index contributed by atoms with van der Waals surface area (Å²) >= 11 is 6.39. The van der Waals surface area contributed by atoms with Crippen LogP contribution in [0.2, 0.25) is 5.02 Å². The van der Waals surface area contributed by atoms with Crippen LogP contribution in [0.4, 0.5) is 0 Å². The van der Waals surface area contributed by atoms with E-state index in [1.54, 1.807) is 0 Å². The van der Waals surface area contributed by atoms with E-state index in [-0.39, 0.29) is 0 Å². The third kappa shape index (κ3) is 2.55. The average Bonchev–Trinajstić information content (AvgIpc) is 2.78. The van der Waals surface area contributed by atoms with Gasteiger partial charge in [-0.25, -0.2) is 0 Å². The first-order chi connectivity index (χ1) is 9.75. The fraction of sp³-hybridized carbons (Fsp3) is 0.188. The maximum absolute atomic E-state index is 6.39. The van der Waals surface area contributed by atoms with Gasteiger partial charge in [0.25, 0.3) is 0 Å². The summed E-state index contributed by atoms with van der Waals surface area (Å²) < 4.78 is 0. The van der Waals surface area contributed by atoms with E-state index >= 15 is 0 Å². The lowest BCUT2D eigenvalue weighted by Crippen LogP contribution is -2.14. The van der Waals surface area contributed by atoms with E-state index in [1.165, 1.54) is 11.1 Å². The largest absolute Gasteiger partial charge is 0.356 e. The number of nitrogens with zero attached hydrogens (tertiary/aromatic N) is 1. The van der Waals surface area contributed by atoms with Crippen LogP contribution in [0, 0.1) is 6.92 Å². The lowest BCUT2D eigenvalue weighted by molar-refractivity contribution is 0.680. The number of aromatic nitrogens is 2. The summed E-state index contributed by atoms with van der Waals surface area (Å²) in [5.74, 6) is 0. The molecule has 2 N–H and O–H groups in total. The van der Waals surface area contributed by atoms with Gasteiger partial charge in [0.1, 0.15) is 0 Å². The Morgan fingerprint density at radius 2 is 2.05 bits per heavy atom. The molecule has 102 valence electrons. The number of pyridine rings is 1. The molecule has 0 aliphatic rings. The molecule has 3 rings (SSSR count). The number of benzene rings is 1. The Hall–Kier alpha value is -1.84. The molecular weight excluding hydrogens is 270 g/mol. The predicted octanol–water partition coefficient (Wildman–Crippen LogP) is 3.81. The highest BCUT2D eigenvalue weighted by Gasteiger charge is 2.08. The molecule has 0 aliphatic heterocycles. The Bertz CT molecular complexity index is 733. The molecule has 4 heteroatoms. The Balaban J connectivity index is 1.71. The van der Waals surface area contributed by atoms with Gasteiger partial charge in [-0.1, -0.05) is 29.8 Å². The van der Waals surface area contributed by atoms with Gasteiger partial charge in [0.2, 0.25) is 0 Å². The van der Waals surface area contributed by atoms with Crippen LogP contribution >= 0.6 is 11.6 Å². The van der Waals surface area contributed by atoms with Crippen LogP contribution in [0.25, 0.3) is 10.9 Å². The molecule has 1 aromatic carbocycles. The van der Waals surface area contributed by atoms with Crippen molar-refractivity contribution >= 4 is 22.5 Å². The number of hydrogen-bond donors (Lipinski definition) is 2. The molecule has 0 bridgehead atoms. The van der Waals surface area contributed by atoms with Crippen LogP contribution in [0.1, 0.15) is 16.8 Å². The highest BCUT2D eigenvalue weighted by Crippen LogP contribution is 2.26. The van der Waals surface area contributed by atoms with Gasteiger partial charge in [-0.2, -0.15) is 0 Å². The minimum Gasteiger partial charge on any atom is -0.356 e. The highest BCUT2D eigenvalue weighted by molar-refractivity contribution is 6.36. The Kier molecular flexibility index (Phi) is 3.72. The number of para-hydroxylation sites is 1. The molecule has 3 nitrogen and oxygen atoms in total. The maximum Gasteiger partial charge on any atom is 0.0705 e. The third-order valence-electron chi connectivity index (χ3n) is 3.47. The van der Waals surface area contributed by atoms with E-state index in [9.17, 15) is 0 Å². The first-order valence-electron chi connectivity index (χ1n) is 6.61. The van der Waals surface area contributed by atoms with Crippen molar-refractivity contribution < 1.29 is 0 Å². The van der Waals surface area contributed by atoms with E-state index in [1.807, 2.05) is 42.7 Å². The van der Waals surface area contributed by atoms with Gasteiger partial charge in [0.15, 0.2) is 0 Å². The molecule has 0 saturated carbocycles. The van der Waals surface area contributed by atoms with Crippen molar-refractivity contribution in [1.29, 1.82) is 0 Å². The van der Waals surface area contributed by atoms with Crippen molar-refractivity contribution in [3.05, 3.63) is 64.6 Å². The number of hydrogen-bond acceptors (Lipinski definition) is 2. The monoisotopic (exact) mass is 285 g/mol. The van der Waals surface area contributed by atoms with Gasteiger partial charge >= 0.3 is 0 Å². The van der Waals surface area contributed by atoms with E-state index in [4.69, 9.17) is 11.6 Å². The summed E-state index contributed by atoms with van der Waals surface area (Å²) in [4.78, 5) is 7.46. The lowest BCUT2D eigenvalue weighted by Gasteiger charge is -2.06. The van der Waals surface area contributed by atoms with Gasteiger partial charge in [-0.05, 0) is 30.2 Å². The zero-order valence-corrected chi connectivity index (χ0v) is 12.0. The standard InChI is InChI=1S/C16H16ClN3/c1-11-8-18-7-6-12(11)9-19-10-15-16(17)13-4-2-3-5-14(13)20-15/h2-8,19-20H,9-10H2,1H3. The first-order valence-corrected chi connectivity index (χ1v) is 6.99. The Morgan fingerprint density at radius 1 is 1.20 bits per heavy atom. The van der Waals surface area contributed by atoms with Gasteiger partial charge in [0.05, 0.1) is 5.02 Å². The van der Waals surface area contributed by atoms with Crippen LogP contribution in [0.5, 0.6) is 0 Å². The second-order valence-corrected chi connectivity index (χ2v) is 5.25. The third-order valence-corrected chi connectivity index (χ3v) is 3.90. The molecule has 0 radical (unpaired) electrons. The van der Waals surface area contributed by atoms with Crippen LogP contribution in [0.15, 0.2) is 42.7 Å². The number of H-pyrrole nitrogens is 1. The normalized spacial score (nSPS) is 11.1. The summed E-state index contributed by atoms with van der Waals surface area (Å²) in [6.07, 6.45) is 3.70. The molecule has 2 heterocycles. The second kappa shape index (κ2) is 5.65. The molecule has 3 aromatic rings. The molecule has 0 unspecified atom stereocenters. The smallest absolute Gasteiger partial charge is 0.0705 e. The molecule has 20 heavy (non-hydrogen) atoms. The number of aromatic amines is 1. The summed E-state index contributed by atoms with van der Waals surface area (Å²) in [6, 6.07) is 10.1. The minimum absolute atomic E-state index is 0.718. The summed E-state index contributed by atoms with van der Waals surface area (Å²) in [7, 11) is 0. The highest BCUT2D eigenvalue weighted by atomic mass is 35.5. The number of halogens is 1. The zero-order chi connectivity index (χ0) is 13.9. The summed E-state index contributed by atoms with van der Waals surface area (Å²) in [5.41, 5.74) is 4.56. The van der Waals surface area contributed by atoms with Crippen molar-refractivity contribution in [3.63, 3.8) is 0 Å². The first kappa shape index (κ1) is 13.2. The van der Waals surface area contributed by atoms with E-state index in [0.29, 0.717) is 0 Å². The number of nitrogens with one attached hydrogen (secondary N) is 2. The molecule has 0 spiro atoms. The summed E-state index contributed by atoms with van der Waals surface area (Å²) in [5, 5.41) is 5.30. The van der Waals surface area contributed by atoms with E-state index in [0.717, 1.165) is 34.7 Å². The van der Waals surface area contributed by atoms with Crippen LogP contribution in [-0.2, 0) is 13.1 Å². The lowest BCUT2D eigenvalue weighted by atomic mass is 10.1. The molecule has 0 fully saturated rings. The molecule has 0 aliphatic carbocycles. The number of fused-ring (bicyclic) bond motifs is 1. The SMILES string of the molecule is Cc1cnccc1CNCc1[nH]c2ccccc2c1Cl. The minimum atomic E-state index is 0.718. The predicted molar refractivity (Wildman–Crippen MR) is 82.8 cm³/mol. The summed E-state index contributed by atoms with van der Waals surface area (Å²) in [6.45, 7) is 3.59. The van der Waals surface area contributed by atoms with Crippen molar-refractivity contribution in [3.8, 4) is 0 Å². The van der Waals surface area contributed by atoms with Gasteiger partial charge < -0.3 is 10.3 Å². The van der Waals surface area contributed by atoms with Crippen molar-refractivity contribution in [1.82, 2.24) is 15.3 Å². The molecule has 0 amide bonds. The van der Waals surface area contributed by atoms with Crippen molar-refractivity contribution in [2.24, 2.45) is 0 Å². The fourth-order valence-corrected chi connectivity index (χ4v) is 2.59. The second-order valence-electron chi connectivity index (χ2n) is 4.87. The molecule has 0 atom stereocenters. The van der Waals surface area contributed by atoms with E-state index in [2.05, 4.69) is 22.2 Å². The van der Waals surface area contributed by atoms with Gasteiger partial charge in [0, 0.05) is 42.1 Å². The van der Waals surface area contributed by atoms with Crippen molar-refractivity contribution in [2.45, 2.75) is 20.0 Å². The molecule has 0 saturated heterocycles. The number of aryl methyl sites for hydroxylation is 1. The average molecular weight is 286 g/mol. The topological polar surface area (TPSA) is 40.7 Å². The van der Waals surface area contributed by atoms with Gasteiger partial charge in [-0.15, -0.1) is 0 Å². The zero-order valence-electron chi connectivity index (χ0n) is 11.3. The Labute approximate surface area is 123 Å². The van der Waals surface area contributed by atoms with Crippen LogP contribution in [-0.4, -0.2) is 9.97 Å². The van der Waals surface area contributed by atoms with Gasteiger partial charge in [-0.3, -0.25) is 4.98 Å².